The van der Waals surface area contributed by atoms with Crippen molar-refractivity contribution >= 4 is 16.1 Å². The molecule has 1 aliphatic rings. The van der Waals surface area contributed by atoms with Crippen LogP contribution < -0.4 is 9.74 Å². The summed E-state index contributed by atoms with van der Waals surface area (Å²) in [7, 11) is -5.05. The van der Waals surface area contributed by atoms with Gasteiger partial charge in [0.25, 0.3) is 5.56 Å². The number of carbonyl (C=O) groups is 1. The van der Waals surface area contributed by atoms with Crippen LogP contribution in [0.25, 0.3) is 0 Å². The zero-order valence-electron chi connectivity index (χ0n) is 11.1. The fourth-order valence-corrected chi connectivity index (χ4v) is 2.14. The highest BCUT2D eigenvalue weighted by Gasteiger charge is 2.49. The lowest BCUT2D eigenvalue weighted by Gasteiger charge is -2.13. The molecule has 0 saturated heterocycles. The third-order valence-electron chi connectivity index (χ3n) is 2.87. The number of alkyl halides is 3. The summed E-state index contributed by atoms with van der Waals surface area (Å²) in [6.45, 7) is 0. The molecule has 1 saturated carbocycles. The number of methoxy groups -OCH3 is 1. The van der Waals surface area contributed by atoms with Crippen LogP contribution in [0.2, 0.25) is 0 Å². The molecule has 22 heavy (non-hydrogen) atoms. The molecule has 1 aromatic heterocycles. The van der Waals surface area contributed by atoms with Gasteiger partial charge in [0, 0.05) is 18.3 Å². The smallest absolute Gasteiger partial charge is 0.465 e. The predicted molar refractivity (Wildman–Crippen MR) is 65.9 cm³/mol. The maximum Gasteiger partial charge on any atom is 0.534 e. The molecule has 1 aromatic rings. The molecule has 0 amide bonds. The molecule has 2 rings (SSSR count). The van der Waals surface area contributed by atoms with Crippen LogP contribution >= 0.6 is 0 Å². The van der Waals surface area contributed by atoms with Crippen molar-refractivity contribution in [1.82, 2.24) is 4.57 Å². The number of ether oxygens (including phenoxy) is 1. The zero-order valence-corrected chi connectivity index (χ0v) is 11.9. The lowest BCUT2D eigenvalue weighted by atomic mass is 10.2. The first-order chi connectivity index (χ1) is 10.1. The molecule has 0 unspecified atom stereocenters. The fraction of sp³-hybridized carbons (Fsp3) is 0.455. The third-order valence-corrected chi connectivity index (χ3v) is 3.84. The molecular weight excluding hydrogens is 331 g/mol. The van der Waals surface area contributed by atoms with E-state index in [2.05, 4.69) is 8.92 Å². The molecule has 1 fully saturated rings. The second-order valence-electron chi connectivity index (χ2n) is 4.50. The van der Waals surface area contributed by atoms with Gasteiger partial charge in [0.1, 0.15) is 5.56 Å². The molecular formula is C11H10F3NO6S. The van der Waals surface area contributed by atoms with Crippen molar-refractivity contribution < 1.29 is 35.3 Å². The van der Waals surface area contributed by atoms with Crippen molar-refractivity contribution in [3.8, 4) is 5.75 Å². The first-order valence-corrected chi connectivity index (χ1v) is 7.33. The molecule has 122 valence electrons. The summed E-state index contributed by atoms with van der Waals surface area (Å²) in [6, 6.07) is 0.345. The summed E-state index contributed by atoms with van der Waals surface area (Å²) >= 11 is 0. The number of nitrogens with zero attached hydrogens (tertiary/aromatic N) is 1. The number of esters is 1. The molecule has 0 N–H and O–H groups in total. The maximum absolute atomic E-state index is 12.3. The Morgan fingerprint density at radius 1 is 1.36 bits per heavy atom. The largest absolute Gasteiger partial charge is 0.534 e. The van der Waals surface area contributed by atoms with Crippen molar-refractivity contribution in [2.75, 3.05) is 7.11 Å². The minimum absolute atomic E-state index is 0.177. The van der Waals surface area contributed by atoms with Gasteiger partial charge in [-0.1, -0.05) is 0 Å². The Bertz CT molecular complexity index is 763. The average Bonchev–Trinajstić information content (AvgIpc) is 3.20. The minimum atomic E-state index is -6.01. The van der Waals surface area contributed by atoms with Crippen LogP contribution in [0.15, 0.2) is 17.1 Å². The number of carbonyl (C=O) groups excluding carboxylic acids is 1. The highest BCUT2D eigenvalue weighted by Crippen LogP contribution is 2.35. The van der Waals surface area contributed by atoms with Crippen molar-refractivity contribution in [3.63, 3.8) is 0 Å². The second kappa shape index (κ2) is 5.30. The van der Waals surface area contributed by atoms with E-state index in [1.165, 1.54) is 0 Å². The van der Waals surface area contributed by atoms with E-state index >= 15 is 0 Å². The number of aromatic nitrogens is 1. The lowest BCUT2D eigenvalue weighted by Crippen LogP contribution is -2.30. The normalized spacial score (nSPS) is 15.5. The van der Waals surface area contributed by atoms with Crippen molar-refractivity contribution in [3.05, 3.63) is 28.2 Å². The monoisotopic (exact) mass is 341 g/mol. The Labute approximate surface area is 122 Å². The number of halogens is 3. The molecule has 0 radical (unpaired) electrons. The van der Waals surface area contributed by atoms with Crippen molar-refractivity contribution in [2.45, 2.75) is 24.4 Å². The number of rotatable bonds is 4. The van der Waals surface area contributed by atoms with Gasteiger partial charge in [0.2, 0.25) is 0 Å². The van der Waals surface area contributed by atoms with Gasteiger partial charge in [-0.05, 0) is 12.8 Å². The van der Waals surface area contributed by atoms with E-state index in [9.17, 15) is 31.2 Å². The van der Waals surface area contributed by atoms with Gasteiger partial charge in [-0.2, -0.15) is 21.6 Å². The van der Waals surface area contributed by atoms with Crippen LogP contribution in [0, 0.1) is 0 Å². The molecule has 0 spiro atoms. The summed E-state index contributed by atoms with van der Waals surface area (Å²) in [5.41, 5.74) is -7.05. The van der Waals surface area contributed by atoms with Crippen LogP contribution in [0.1, 0.15) is 29.2 Å². The Morgan fingerprint density at radius 2 is 1.95 bits per heavy atom. The van der Waals surface area contributed by atoms with Gasteiger partial charge in [0.15, 0.2) is 5.75 Å². The lowest BCUT2D eigenvalue weighted by molar-refractivity contribution is -0.0500. The Balaban J connectivity index is 2.53. The van der Waals surface area contributed by atoms with Crippen LogP contribution in [0.5, 0.6) is 5.75 Å². The summed E-state index contributed by atoms with van der Waals surface area (Å²) < 4.78 is 68.4. The van der Waals surface area contributed by atoms with Gasteiger partial charge in [-0.3, -0.25) is 4.79 Å². The topological polar surface area (TPSA) is 91.7 Å². The number of hydrogen-bond donors (Lipinski definition) is 0. The summed E-state index contributed by atoms with van der Waals surface area (Å²) in [4.78, 5) is 23.4. The van der Waals surface area contributed by atoms with Gasteiger partial charge in [-0.25, -0.2) is 4.79 Å². The Hall–Kier alpha value is -2.04. The predicted octanol–water partition coefficient (Wildman–Crippen LogP) is 1.20. The van der Waals surface area contributed by atoms with Crippen LogP contribution in [-0.4, -0.2) is 31.6 Å². The Kier molecular flexibility index (Phi) is 3.94. The highest BCUT2D eigenvalue weighted by molar-refractivity contribution is 7.88. The van der Waals surface area contributed by atoms with Crippen LogP contribution in [0.3, 0.4) is 0 Å². The third kappa shape index (κ3) is 3.08. The molecule has 1 heterocycles. The van der Waals surface area contributed by atoms with Crippen LogP contribution in [-0.2, 0) is 14.9 Å². The van der Waals surface area contributed by atoms with E-state index in [4.69, 9.17) is 0 Å². The molecule has 0 bridgehead atoms. The molecule has 0 aromatic carbocycles. The number of pyridine rings is 1. The van der Waals surface area contributed by atoms with Crippen LogP contribution in [0.4, 0.5) is 13.2 Å². The van der Waals surface area contributed by atoms with Gasteiger partial charge in [-0.15, -0.1) is 0 Å². The van der Waals surface area contributed by atoms with E-state index in [1.54, 1.807) is 0 Å². The molecule has 7 nitrogen and oxygen atoms in total. The SMILES string of the molecule is COC(=O)c1cn(C2CC2)c(=O)cc1OS(=O)(=O)C(F)(F)F. The van der Waals surface area contributed by atoms with Crippen molar-refractivity contribution in [1.29, 1.82) is 0 Å². The van der Waals surface area contributed by atoms with Gasteiger partial charge in [0.05, 0.1) is 7.11 Å². The highest BCUT2D eigenvalue weighted by atomic mass is 32.2. The summed E-state index contributed by atoms with van der Waals surface area (Å²) in [5, 5.41) is 0. The molecule has 11 heteroatoms. The second-order valence-corrected chi connectivity index (χ2v) is 6.04. The standard InChI is InChI=1S/C11H10F3NO6S/c1-20-10(17)7-5-15(6-2-3-6)9(16)4-8(7)21-22(18,19)11(12,13)14/h4-6H,2-3H2,1H3. The summed E-state index contributed by atoms with van der Waals surface area (Å²) in [6.07, 6.45) is 2.27. The van der Waals surface area contributed by atoms with Gasteiger partial charge < -0.3 is 13.5 Å². The van der Waals surface area contributed by atoms with E-state index in [1.807, 2.05) is 0 Å². The molecule has 0 atom stereocenters. The summed E-state index contributed by atoms with van der Waals surface area (Å²) in [5.74, 6) is -2.15. The van der Waals surface area contributed by atoms with Crippen molar-refractivity contribution in [2.24, 2.45) is 0 Å². The van der Waals surface area contributed by atoms with E-state index in [-0.39, 0.29) is 6.04 Å². The molecule has 1 aliphatic carbocycles. The minimum Gasteiger partial charge on any atom is -0.465 e. The van der Waals surface area contributed by atoms with E-state index in [0.29, 0.717) is 18.9 Å². The Morgan fingerprint density at radius 3 is 2.41 bits per heavy atom. The molecule has 0 aliphatic heterocycles. The van der Waals surface area contributed by atoms with Gasteiger partial charge >= 0.3 is 21.6 Å². The first-order valence-electron chi connectivity index (χ1n) is 5.92. The fourth-order valence-electron chi connectivity index (χ4n) is 1.67. The maximum atomic E-state index is 12.3. The quantitative estimate of drug-likeness (QED) is 0.464. The van der Waals surface area contributed by atoms with E-state index < -0.39 is 38.5 Å². The number of hydrogen-bond acceptors (Lipinski definition) is 6. The zero-order chi connectivity index (χ0) is 16.7. The first kappa shape index (κ1) is 16.3. The van der Waals surface area contributed by atoms with E-state index in [0.717, 1.165) is 17.9 Å². The average molecular weight is 341 g/mol.